The van der Waals surface area contributed by atoms with Gasteiger partial charge >= 0.3 is 6.09 Å². The van der Waals surface area contributed by atoms with Crippen molar-refractivity contribution in [1.82, 2.24) is 14.9 Å². The van der Waals surface area contributed by atoms with Gasteiger partial charge in [0.1, 0.15) is 11.6 Å². The van der Waals surface area contributed by atoms with E-state index in [9.17, 15) is 9.59 Å². The molecule has 1 aromatic rings. The first-order valence-electron chi connectivity index (χ1n) is 7.04. The summed E-state index contributed by atoms with van der Waals surface area (Å²) in [5, 5.41) is 2.63. The molecule has 2 amide bonds. The van der Waals surface area contributed by atoms with Crippen molar-refractivity contribution in [1.29, 1.82) is 0 Å². The Morgan fingerprint density at radius 1 is 1.36 bits per heavy atom. The zero-order valence-corrected chi connectivity index (χ0v) is 14.4. The Kier molecular flexibility index (Phi) is 5.00. The maximum absolute atomic E-state index is 12.3. The second-order valence-corrected chi connectivity index (χ2v) is 6.96. The van der Waals surface area contributed by atoms with E-state index < -0.39 is 17.7 Å². The molecule has 2 rings (SSSR count). The average molecular weight is 371 g/mol. The van der Waals surface area contributed by atoms with E-state index in [1.165, 1.54) is 4.90 Å². The van der Waals surface area contributed by atoms with E-state index in [0.717, 1.165) is 10.9 Å². The summed E-state index contributed by atoms with van der Waals surface area (Å²) in [4.78, 5) is 33.9. The van der Waals surface area contributed by atoms with Gasteiger partial charge in [-0.3, -0.25) is 15.0 Å². The lowest BCUT2D eigenvalue weighted by atomic mass is 10.2. The Morgan fingerprint density at radius 3 is 2.59 bits per heavy atom. The summed E-state index contributed by atoms with van der Waals surface area (Å²) in [5.74, 6) is -0.0880. The molecule has 8 heteroatoms. The molecule has 7 nitrogen and oxygen atoms in total. The number of nitrogens with one attached hydrogen (secondary N) is 1. The van der Waals surface area contributed by atoms with Crippen molar-refractivity contribution >= 4 is 33.9 Å². The van der Waals surface area contributed by atoms with Crippen molar-refractivity contribution in [3.05, 3.63) is 16.9 Å². The molecular formula is C14H19BrN4O3. The van der Waals surface area contributed by atoms with E-state index in [1.54, 1.807) is 33.2 Å². The second-order valence-electron chi connectivity index (χ2n) is 6.05. The third kappa shape index (κ3) is 4.40. The molecular weight excluding hydrogens is 352 g/mol. The van der Waals surface area contributed by atoms with Crippen LogP contribution in [0, 0.1) is 0 Å². The summed E-state index contributed by atoms with van der Waals surface area (Å²) < 4.78 is 6.06. The molecule has 22 heavy (non-hydrogen) atoms. The van der Waals surface area contributed by atoms with Crippen LogP contribution in [0.3, 0.4) is 0 Å². The normalized spacial score (nSPS) is 18.2. The van der Waals surface area contributed by atoms with Gasteiger partial charge in [0.05, 0.1) is 4.47 Å². The highest BCUT2D eigenvalue weighted by molar-refractivity contribution is 9.10. The number of amides is 2. The van der Waals surface area contributed by atoms with Crippen LogP contribution in [-0.4, -0.2) is 45.1 Å². The number of hydrogen-bond acceptors (Lipinski definition) is 5. The first-order chi connectivity index (χ1) is 10.3. The van der Waals surface area contributed by atoms with E-state index >= 15 is 0 Å². The molecule has 2 heterocycles. The van der Waals surface area contributed by atoms with Crippen LogP contribution in [-0.2, 0) is 9.53 Å². The number of hydrogen-bond donors (Lipinski definition) is 1. The van der Waals surface area contributed by atoms with E-state index in [4.69, 9.17) is 4.74 Å². The maximum Gasteiger partial charge on any atom is 0.410 e. The Morgan fingerprint density at radius 2 is 2.00 bits per heavy atom. The minimum atomic E-state index is -0.588. The number of carbonyl (C=O) groups excluding carboxylic acids is 2. The number of aromatic nitrogens is 2. The highest BCUT2D eigenvalue weighted by atomic mass is 79.9. The maximum atomic E-state index is 12.3. The molecule has 0 aromatic carbocycles. The van der Waals surface area contributed by atoms with Crippen molar-refractivity contribution in [3.63, 3.8) is 0 Å². The summed E-state index contributed by atoms with van der Waals surface area (Å²) in [6.45, 7) is 5.90. The summed E-state index contributed by atoms with van der Waals surface area (Å²) in [7, 11) is 0. The minimum absolute atomic E-state index is 0.212. The zero-order chi connectivity index (χ0) is 16.3. The van der Waals surface area contributed by atoms with Gasteiger partial charge in [0.15, 0.2) is 0 Å². The summed E-state index contributed by atoms with van der Waals surface area (Å²) >= 11 is 3.23. The van der Waals surface area contributed by atoms with Crippen LogP contribution in [0.4, 0.5) is 10.7 Å². The molecule has 1 atom stereocenters. The van der Waals surface area contributed by atoms with Crippen LogP contribution in [0.25, 0.3) is 0 Å². The Bertz CT molecular complexity index is 556. The lowest BCUT2D eigenvalue weighted by Crippen LogP contribution is -2.45. The Hall–Kier alpha value is -1.70. The Balaban J connectivity index is 2.01. The van der Waals surface area contributed by atoms with Crippen LogP contribution in [0.1, 0.15) is 33.6 Å². The molecule has 0 bridgehead atoms. The molecule has 1 fully saturated rings. The van der Waals surface area contributed by atoms with E-state index in [0.29, 0.717) is 13.0 Å². The SMILES string of the molecule is CC(C)(C)OC(=O)N1CCC[C@H]1C(=O)Nc1ncc(Br)cn1. The van der Waals surface area contributed by atoms with Crippen LogP contribution < -0.4 is 5.32 Å². The molecule has 1 aliphatic rings. The largest absolute Gasteiger partial charge is 0.444 e. The molecule has 0 saturated carbocycles. The molecule has 1 aliphatic heterocycles. The van der Waals surface area contributed by atoms with Gasteiger partial charge in [0.2, 0.25) is 11.9 Å². The number of rotatable bonds is 2. The van der Waals surface area contributed by atoms with Gasteiger partial charge in [-0.15, -0.1) is 0 Å². The Labute approximate surface area is 137 Å². The lowest BCUT2D eigenvalue weighted by Gasteiger charge is -2.27. The van der Waals surface area contributed by atoms with Crippen LogP contribution in [0.5, 0.6) is 0 Å². The number of likely N-dealkylation sites (tertiary alicyclic amines) is 1. The predicted molar refractivity (Wildman–Crippen MR) is 84.3 cm³/mol. The second kappa shape index (κ2) is 6.60. The van der Waals surface area contributed by atoms with Crippen molar-refractivity contribution in [2.75, 3.05) is 11.9 Å². The van der Waals surface area contributed by atoms with Crippen molar-refractivity contribution in [2.45, 2.75) is 45.3 Å². The van der Waals surface area contributed by atoms with Gasteiger partial charge in [-0.2, -0.15) is 0 Å². The topological polar surface area (TPSA) is 84.4 Å². The van der Waals surface area contributed by atoms with E-state index in [-0.39, 0.29) is 11.9 Å². The first-order valence-corrected chi connectivity index (χ1v) is 7.83. The number of nitrogens with zero attached hydrogens (tertiary/aromatic N) is 3. The molecule has 120 valence electrons. The summed E-state index contributed by atoms with van der Waals surface area (Å²) in [5.41, 5.74) is -0.588. The number of carbonyl (C=O) groups is 2. The lowest BCUT2D eigenvalue weighted by molar-refractivity contribution is -0.120. The van der Waals surface area contributed by atoms with Gasteiger partial charge in [-0.1, -0.05) is 0 Å². The van der Waals surface area contributed by atoms with Gasteiger partial charge in [-0.05, 0) is 49.5 Å². The van der Waals surface area contributed by atoms with Crippen molar-refractivity contribution < 1.29 is 14.3 Å². The molecule has 1 aromatic heterocycles. The number of ether oxygens (including phenoxy) is 1. The number of anilines is 1. The van der Waals surface area contributed by atoms with Crippen LogP contribution in [0.15, 0.2) is 16.9 Å². The molecule has 1 N–H and O–H groups in total. The monoisotopic (exact) mass is 370 g/mol. The molecule has 0 radical (unpaired) electrons. The summed E-state index contributed by atoms with van der Waals surface area (Å²) in [6.07, 6.45) is 3.98. The van der Waals surface area contributed by atoms with Crippen molar-refractivity contribution in [3.8, 4) is 0 Å². The van der Waals surface area contributed by atoms with Crippen molar-refractivity contribution in [2.24, 2.45) is 0 Å². The third-order valence-electron chi connectivity index (χ3n) is 3.04. The van der Waals surface area contributed by atoms with Gasteiger partial charge in [0.25, 0.3) is 0 Å². The highest BCUT2D eigenvalue weighted by Gasteiger charge is 2.36. The highest BCUT2D eigenvalue weighted by Crippen LogP contribution is 2.21. The fourth-order valence-corrected chi connectivity index (χ4v) is 2.35. The molecule has 0 unspecified atom stereocenters. The molecule has 0 spiro atoms. The quantitative estimate of drug-likeness (QED) is 0.864. The first kappa shape index (κ1) is 16.7. The summed E-state index contributed by atoms with van der Waals surface area (Å²) in [6, 6.07) is -0.554. The predicted octanol–water partition coefficient (Wildman–Crippen LogP) is 2.58. The number of halogens is 1. The fraction of sp³-hybridized carbons (Fsp3) is 0.571. The van der Waals surface area contributed by atoms with Crippen LogP contribution >= 0.6 is 15.9 Å². The van der Waals surface area contributed by atoms with Gasteiger partial charge in [-0.25, -0.2) is 14.8 Å². The van der Waals surface area contributed by atoms with E-state index in [1.807, 2.05) is 0 Å². The molecule has 1 saturated heterocycles. The molecule has 0 aliphatic carbocycles. The zero-order valence-electron chi connectivity index (χ0n) is 12.8. The van der Waals surface area contributed by atoms with Gasteiger partial charge < -0.3 is 4.74 Å². The third-order valence-corrected chi connectivity index (χ3v) is 3.45. The fourth-order valence-electron chi connectivity index (χ4n) is 2.15. The average Bonchev–Trinajstić information content (AvgIpc) is 2.89. The standard InChI is InChI=1S/C14H19BrN4O3/c1-14(2,3)22-13(21)19-6-4-5-10(19)11(20)18-12-16-7-9(15)8-17-12/h7-8,10H,4-6H2,1-3H3,(H,16,17,18,20)/t10-/m0/s1. The van der Waals surface area contributed by atoms with Crippen LogP contribution in [0.2, 0.25) is 0 Å². The minimum Gasteiger partial charge on any atom is -0.444 e. The van der Waals surface area contributed by atoms with Gasteiger partial charge in [0, 0.05) is 18.9 Å². The smallest absolute Gasteiger partial charge is 0.410 e. The van der Waals surface area contributed by atoms with E-state index in [2.05, 4.69) is 31.2 Å².